The molecule has 7 nitrogen and oxygen atoms in total. The average Bonchev–Trinajstić information content (AvgIpc) is 3.01. The molecule has 0 radical (unpaired) electrons. The highest BCUT2D eigenvalue weighted by Gasteiger charge is 2.31. The summed E-state index contributed by atoms with van der Waals surface area (Å²) in [5.41, 5.74) is 0.952. The second-order valence-corrected chi connectivity index (χ2v) is 8.33. The number of benzene rings is 1. The van der Waals surface area contributed by atoms with Crippen LogP contribution < -0.4 is 10.6 Å². The molecule has 3 aromatic rings. The van der Waals surface area contributed by atoms with E-state index in [0.717, 1.165) is 6.07 Å². The lowest BCUT2D eigenvalue weighted by Gasteiger charge is -2.29. The van der Waals surface area contributed by atoms with Gasteiger partial charge < -0.3 is 20.2 Å². The van der Waals surface area contributed by atoms with Crippen LogP contribution in [0, 0.1) is 24.5 Å². The fourth-order valence-corrected chi connectivity index (χ4v) is 3.81. The Kier molecular flexibility index (Phi) is 5.62. The maximum Gasteiger partial charge on any atom is 0.319 e. The van der Waals surface area contributed by atoms with E-state index in [0.29, 0.717) is 41.1 Å². The van der Waals surface area contributed by atoms with Gasteiger partial charge in [0.2, 0.25) is 0 Å². The van der Waals surface area contributed by atoms with Crippen LogP contribution in [0.1, 0.15) is 55.8 Å². The van der Waals surface area contributed by atoms with Gasteiger partial charge in [-0.25, -0.2) is 23.5 Å². The maximum absolute atomic E-state index is 14.1. The average molecular weight is 430 g/mol. The summed E-state index contributed by atoms with van der Waals surface area (Å²) in [5.74, 6) is -0.394. The van der Waals surface area contributed by atoms with Crippen molar-refractivity contribution in [3.8, 4) is 0 Å². The number of fused-ring (bicyclic) bond motifs is 1. The van der Waals surface area contributed by atoms with Gasteiger partial charge in [0.1, 0.15) is 17.4 Å². The number of rotatable bonds is 5. The molecular formula is C22H24F2N4O3. The van der Waals surface area contributed by atoms with E-state index in [1.165, 1.54) is 18.5 Å². The van der Waals surface area contributed by atoms with Crippen molar-refractivity contribution in [3.05, 3.63) is 53.3 Å². The lowest BCUT2D eigenvalue weighted by Crippen LogP contribution is -2.35. The normalized spacial score (nSPS) is 19.3. The van der Waals surface area contributed by atoms with Crippen LogP contribution in [0.2, 0.25) is 0 Å². The van der Waals surface area contributed by atoms with E-state index in [-0.39, 0.29) is 23.5 Å². The highest BCUT2D eigenvalue weighted by atomic mass is 19.1. The second kappa shape index (κ2) is 8.22. The number of aryl methyl sites for hydroxylation is 1. The SMILES string of the molecule is Cc1c([C@@H](NC(=O)Nc2cnc(C3CC(O)C3)nc2)C(C)C)oc2c(F)cc(F)cc12. The molecule has 1 aromatic carbocycles. The van der Waals surface area contributed by atoms with Crippen LogP contribution in [0.25, 0.3) is 11.0 Å². The molecule has 2 heterocycles. The first-order chi connectivity index (χ1) is 14.7. The smallest absolute Gasteiger partial charge is 0.319 e. The number of nitrogens with one attached hydrogen (secondary N) is 2. The number of aromatic nitrogens is 2. The third kappa shape index (κ3) is 4.23. The number of nitrogens with zero attached hydrogens (tertiary/aromatic N) is 2. The van der Waals surface area contributed by atoms with Gasteiger partial charge in [-0.15, -0.1) is 0 Å². The molecule has 1 aliphatic rings. The van der Waals surface area contributed by atoms with Gasteiger partial charge in [0.25, 0.3) is 0 Å². The van der Waals surface area contributed by atoms with Gasteiger partial charge in [-0.05, 0) is 31.7 Å². The molecule has 31 heavy (non-hydrogen) atoms. The lowest BCUT2D eigenvalue weighted by atomic mass is 9.82. The Bertz CT molecular complexity index is 1110. The fraction of sp³-hybridized carbons (Fsp3) is 0.409. The van der Waals surface area contributed by atoms with Crippen molar-refractivity contribution in [3.63, 3.8) is 0 Å². The molecule has 2 amide bonds. The molecule has 2 aromatic heterocycles. The number of hydrogen-bond donors (Lipinski definition) is 3. The zero-order valence-corrected chi connectivity index (χ0v) is 17.4. The first-order valence-electron chi connectivity index (χ1n) is 10.2. The van der Waals surface area contributed by atoms with Crippen molar-refractivity contribution >= 4 is 22.7 Å². The molecule has 0 spiro atoms. The maximum atomic E-state index is 14.1. The van der Waals surface area contributed by atoms with Crippen molar-refractivity contribution in [2.24, 2.45) is 5.92 Å². The summed E-state index contributed by atoms with van der Waals surface area (Å²) in [6.45, 7) is 5.48. The van der Waals surface area contributed by atoms with Gasteiger partial charge in [-0.3, -0.25) is 0 Å². The van der Waals surface area contributed by atoms with Crippen molar-refractivity contribution in [1.82, 2.24) is 15.3 Å². The molecule has 0 saturated heterocycles. The van der Waals surface area contributed by atoms with Crippen LogP contribution in [0.4, 0.5) is 19.3 Å². The minimum Gasteiger partial charge on any atom is -0.455 e. The zero-order chi connectivity index (χ0) is 22.3. The quantitative estimate of drug-likeness (QED) is 0.551. The molecule has 1 aliphatic carbocycles. The summed E-state index contributed by atoms with van der Waals surface area (Å²) >= 11 is 0. The van der Waals surface area contributed by atoms with Gasteiger partial charge in [-0.2, -0.15) is 0 Å². The fourth-order valence-electron chi connectivity index (χ4n) is 3.81. The number of aliphatic hydroxyl groups excluding tert-OH is 1. The number of anilines is 1. The van der Waals surface area contributed by atoms with E-state index in [1.54, 1.807) is 6.92 Å². The molecule has 4 rings (SSSR count). The van der Waals surface area contributed by atoms with Crippen molar-refractivity contribution in [2.45, 2.75) is 51.7 Å². The number of halogens is 2. The van der Waals surface area contributed by atoms with E-state index >= 15 is 0 Å². The minimum atomic E-state index is -0.785. The Balaban J connectivity index is 1.50. The molecule has 1 saturated carbocycles. The number of urea groups is 1. The van der Waals surface area contributed by atoms with Crippen molar-refractivity contribution in [1.29, 1.82) is 0 Å². The predicted octanol–water partition coefficient (Wildman–Crippen LogP) is 4.57. The van der Waals surface area contributed by atoms with Gasteiger partial charge in [-0.1, -0.05) is 13.8 Å². The molecule has 164 valence electrons. The van der Waals surface area contributed by atoms with Gasteiger partial charge >= 0.3 is 6.03 Å². The molecule has 9 heteroatoms. The van der Waals surface area contributed by atoms with Crippen molar-refractivity contribution in [2.75, 3.05) is 5.32 Å². The molecular weight excluding hydrogens is 406 g/mol. The largest absolute Gasteiger partial charge is 0.455 e. The molecule has 0 aliphatic heterocycles. The summed E-state index contributed by atoms with van der Waals surface area (Å²) in [4.78, 5) is 21.1. The Hall–Kier alpha value is -3.07. The van der Waals surface area contributed by atoms with E-state index in [1.807, 2.05) is 13.8 Å². The molecule has 1 atom stereocenters. The topological polar surface area (TPSA) is 100 Å². The molecule has 0 unspecified atom stereocenters. The van der Waals surface area contributed by atoms with Crippen LogP contribution >= 0.6 is 0 Å². The predicted molar refractivity (Wildman–Crippen MR) is 111 cm³/mol. The van der Waals surface area contributed by atoms with E-state index in [2.05, 4.69) is 20.6 Å². The van der Waals surface area contributed by atoms with E-state index < -0.39 is 23.7 Å². The van der Waals surface area contributed by atoms with Crippen LogP contribution in [-0.2, 0) is 0 Å². The second-order valence-electron chi connectivity index (χ2n) is 8.33. The number of carbonyl (C=O) groups is 1. The monoisotopic (exact) mass is 430 g/mol. The molecule has 3 N–H and O–H groups in total. The van der Waals surface area contributed by atoms with Gasteiger partial charge in [0.05, 0.1) is 30.2 Å². The third-order valence-electron chi connectivity index (χ3n) is 5.64. The highest BCUT2D eigenvalue weighted by molar-refractivity contribution is 5.89. The Labute approximate surface area is 177 Å². The Morgan fingerprint density at radius 2 is 1.90 bits per heavy atom. The van der Waals surface area contributed by atoms with E-state index in [4.69, 9.17) is 4.42 Å². The molecule has 1 fully saturated rings. The van der Waals surface area contributed by atoms with Crippen LogP contribution in [0.15, 0.2) is 28.9 Å². The highest BCUT2D eigenvalue weighted by Crippen LogP contribution is 2.35. The number of carbonyl (C=O) groups excluding carboxylic acids is 1. The Morgan fingerprint density at radius 1 is 1.23 bits per heavy atom. The first kappa shape index (κ1) is 21.2. The zero-order valence-electron chi connectivity index (χ0n) is 17.4. The van der Waals surface area contributed by atoms with Gasteiger partial charge in [0, 0.05) is 22.9 Å². The third-order valence-corrected chi connectivity index (χ3v) is 5.64. The van der Waals surface area contributed by atoms with Crippen LogP contribution in [0.5, 0.6) is 0 Å². The summed E-state index contributed by atoms with van der Waals surface area (Å²) < 4.78 is 33.5. The van der Waals surface area contributed by atoms with Gasteiger partial charge in [0.15, 0.2) is 11.4 Å². The van der Waals surface area contributed by atoms with Crippen LogP contribution in [0.3, 0.4) is 0 Å². The summed E-state index contributed by atoms with van der Waals surface area (Å²) in [5, 5.41) is 15.3. The number of furan rings is 1. The lowest BCUT2D eigenvalue weighted by molar-refractivity contribution is 0.0716. The Morgan fingerprint density at radius 3 is 2.52 bits per heavy atom. The standard InChI is InChI=1S/C22H24F2N4O3/c1-10(2)18(19-11(3)16-6-13(23)7-17(24)20(16)31-19)28-22(30)27-14-8-25-21(26-9-14)12-4-15(29)5-12/h6-10,12,15,18,29H,4-5H2,1-3H3,(H2,27,28,30)/t12?,15?,18-/m0/s1. The number of amides is 2. The summed E-state index contributed by atoms with van der Waals surface area (Å²) in [6.07, 6.45) is 4.02. The number of aliphatic hydroxyl groups is 1. The first-order valence-corrected chi connectivity index (χ1v) is 10.2. The van der Waals surface area contributed by atoms with Crippen LogP contribution in [-0.4, -0.2) is 27.2 Å². The van der Waals surface area contributed by atoms with Crippen molar-refractivity contribution < 1.29 is 23.1 Å². The minimum absolute atomic E-state index is 0.0353. The number of hydrogen-bond acceptors (Lipinski definition) is 5. The van der Waals surface area contributed by atoms with E-state index in [9.17, 15) is 18.7 Å². The summed E-state index contributed by atoms with van der Waals surface area (Å²) in [7, 11) is 0. The molecule has 0 bridgehead atoms. The summed E-state index contributed by atoms with van der Waals surface area (Å²) in [6, 6.07) is 0.929.